The van der Waals surface area contributed by atoms with Gasteiger partial charge in [-0.05, 0) is 52.4 Å². The number of rotatable bonds is 21. The summed E-state index contributed by atoms with van der Waals surface area (Å²) in [6.07, 6.45) is 7.16. The first kappa shape index (κ1) is 36.3. The highest BCUT2D eigenvalue weighted by Crippen LogP contribution is 2.38. The van der Waals surface area contributed by atoms with Crippen molar-refractivity contribution in [2.24, 2.45) is 0 Å². The minimum absolute atomic E-state index is 0.0688. The van der Waals surface area contributed by atoms with E-state index in [1.165, 1.54) is 0 Å². The van der Waals surface area contributed by atoms with E-state index in [4.69, 9.17) is 24.7 Å². The average molecular weight is 728 g/mol. The van der Waals surface area contributed by atoms with E-state index in [0.29, 0.717) is 17.4 Å². The SMILES string of the molecule is CCCCOC(=O)[C@H](C)NP(=O)(COCCNc1nc(N)nc(OC2CCCC2)c1NI)N[C@@H](C)C(=O)OCCCC. The highest BCUT2D eigenvalue weighted by Gasteiger charge is 2.32. The lowest BCUT2D eigenvalue weighted by molar-refractivity contribution is -0.145. The Labute approximate surface area is 262 Å². The van der Waals surface area contributed by atoms with E-state index >= 15 is 0 Å². The predicted molar refractivity (Wildman–Crippen MR) is 171 cm³/mol. The number of carbonyl (C=O) groups is 2. The Bertz CT molecular complexity index is 999. The van der Waals surface area contributed by atoms with Gasteiger partial charge in [-0.25, -0.2) is 10.2 Å². The van der Waals surface area contributed by atoms with Gasteiger partial charge in [-0.1, -0.05) is 26.7 Å². The first-order chi connectivity index (χ1) is 20.1. The topological polar surface area (TPSA) is 188 Å². The number of nitrogen functional groups attached to an aromatic ring is 1. The molecule has 14 nitrogen and oxygen atoms in total. The second-order valence-electron chi connectivity index (χ2n) is 10.2. The molecule has 2 atom stereocenters. The number of esters is 2. The molecule has 240 valence electrons. The molecule has 0 bridgehead atoms. The molecule has 0 radical (unpaired) electrons. The van der Waals surface area contributed by atoms with Crippen molar-refractivity contribution in [3.63, 3.8) is 0 Å². The van der Waals surface area contributed by atoms with Crippen LogP contribution in [0.1, 0.15) is 79.1 Å². The van der Waals surface area contributed by atoms with Crippen molar-refractivity contribution in [3.8, 4) is 5.88 Å². The second-order valence-corrected chi connectivity index (χ2v) is 13.0. The molecule has 1 aliphatic carbocycles. The molecule has 0 aromatic carbocycles. The van der Waals surface area contributed by atoms with Crippen molar-refractivity contribution in [3.05, 3.63) is 0 Å². The minimum Gasteiger partial charge on any atom is -0.473 e. The third-order valence-electron chi connectivity index (χ3n) is 6.38. The van der Waals surface area contributed by atoms with Crippen LogP contribution in [0.3, 0.4) is 0 Å². The number of unbranched alkanes of at least 4 members (excludes halogenated alkanes) is 2. The molecule has 0 saturated heterocycles. The van der Waals surface area contributed by atoms with Gasteiger partial charge in [0.1, 0.15) is 30.2 Å². The molecular weight excluding hydrogens is 680 g/mol. The number of hydrogen-bond acceptors (Lipinski definition) is 12. The summed E-state index contributed by atoms with van der Waals surface area (Å²) in [6, 6.07) is -1.80. The lowest BCUT2D eigenvalue weighted by Gasteiger charge is -2.26. The minimum atomic E-state index is -3.61. The van der Waals surface area contributed by atoms with Crippen LogP contribution in [-0.2, 0) is 28.4 Å². The Morgan fingerprint density at radius 2 is 1.57 bits per heavy atom. The highest BCUT2D eigenvalue weighted by molar-refractivity contribution is 14.1. The van der Waals surface area contributed by atoms with Gasteiger partial charge >= 0.3 is 11.9 Å². The van der Waals surface area contributed by atoms with E-state index in [9.17, 15) is 14.2 Å². The summed E-state index contributed by atoms with van der Waals surface area (Å²) in [7, 11) is -3.61. The van der Waals surface area contributed by atoms with E-state index in [0.717, 1.165) is 51.4 Å². The molecule has 42 heavy (non-hydrogen) atoms. The summed E-state index contributed by atoms with van der Waals surface area (Å²) < 4.78 is 39.2. The van der Waals surface area contributed by atoms with Crippen LogP contribution in [0.2, 0.25) is 0 Å². The van der Waals surface area contributed by atoms with Gasteiger partial charge in [0.25, 0.3) is 0 Å². The fourth-order valence-electron chi connectivity index (χ4n) is 4.08. The van der Waals surface area contributed by atoms with E-state index in [2.05, 4.69) is 29.0 Å². The number of ether oxygens (including phenoxy) is 4. The van der Waals surface area contributed by atoms with E-state index in [1.807, 2.05) is 36.7 Å². The molecule has 1 aromatic heterocycles. The molecule has 1 fully saturated rings. The Hall–Kier alpha value is -1.94. The van der Waals surface area contributed by atoms with Crippen LogP contribution in [0.4, 0.5) is 17.5 Å². The lowest BCUT2D eigenvalue weighted by Crippen LogP contribution is -2.43. The summed E-state index contributed by atoms with van der Waals surface area (Å²) in [5, 5.41) is 8.75. The largest absolute Gasteiger partial charge is 0.473 e. The van der Waals surface area contributed by atoms with Crippen LogP contribution in [0.15, 0.2) is 0 Å². The zero-order valence-electron chi connectivity index (χ0n) is 25.1. The molecule has 1 aromatic rings. The average Bonchev–Trinajstić information content (AvgIpc) is 3.45. The van der Waals surface area contributed by atoms with Gasteiger partial charge in [-0.15, -0.1) is 0 Å². The van der Waals surface area contributed by atoms with Gasteiger partial charge in [-0.3, -0.25) is 14.2 Å². The molecule has 0 spiro atoms. The van der Waals surface area contributed by atoms with Crippen molar-refractivity contribution >= 4 is 59.7 Å². The summed E-state index contributed by atoms with van der Waals surface area (Å²) in [5.41, 5.74) is 6.50. The van der Waals surface area contributed by atoms with E-state index in [1.54, 1.807) is 13.8 Å². The quantitative estimate of drug-likeness (QED) is 0.0395. The Kier molecular flexibility index (Phi) is 16.7. The summed E-state index contributed by atoms with van der Waals surface area (Å²) in [5.74, 6) is -0.189. The molecular formula is C26H47IN7O7P. The maximum atomic E-state index is 13.8. The second kappa shape index (κ2) is 19.4. The van der Waals surface area contributed by atoms with Gasteiger partial charge in [-0.2, -0.15) is 9.97 Å². The Balaban J connectivity index is 2.00. The normalized spacial score (nSPS) is 15.2. The monoisotopic (exact) mass is 727 g/mol. The van der Waals surface area contributed by atoms with Crippen LogP contribution in [0.5, 0.6) is 5.88 Å². The number of halogens is 1. The van der Waals surface area contributed by atoms with Crippen LogP contribution in [0, 0.1) is 0 Å². The maximum Gasteiger partial charge on any atom is 0.323 e. The number of anilines is 3. The molecule has 1 aliphatic rings. The maximum absolute atomic E-state index is 13.8. The van der Waals surface area contributed by atoms with Gasteiger partial charge in [0.2, 0.25) is 19.3 Å². The van der Waals surface area contributed by atoms with Gasteiger partial charge in [0.05, 0.1) is 42.7 Å². The van der Waals surface area contributed by atoms with Gasteiger partial charge in [0.15, 0.2) is 5.82 Å². The number of nitrogens with one attached hydrogen (secondary N) is 4. The number of nitrogens with two attached hydrogens (primary N) is 1. The standard InChI is InChI=1S/C26H47IN7O7P/c1-5-7-14-39-24(35)18(3)33-42(37,34-19(4)25(36)40-15-8-6-2)17-38-16-13-29-22-21(32-27)23(31-26(28)30-22)41-20-11-9-10-12-20/h18-20,32H,5-17H2,1-4H3,(H2,33,34,37)(H3,28,29,30,31)/t18-,19-/m0/s1. The first-order valence-electron chi connectivity index (χ1n) is 14.6. The number of aromatic nitrogens is 2. The number of hydrogen-bond donors (Lipinski definition) is 5. The van der Waals surface area contributed by atoms with Crippen LogP contribution in [0.25, 0.3) is 0 Å². The van der Waals surface area contributed by atoms with Gasteiger partial charge < -0.3 is 33.5 Å². The molecule has 2 rings (SSSR count). The zero-order chi connectivity index (χ0) is 31.0. The molecule has 1 saturated carbocycles. The van der Waals surface area contributed by atoms with Crippen molar-refractivity contribution in [1.29, 1.82) is 0 Å². The molecule has 16 heteroatoms. The Morgan fingerprint density at radius 1 is 1.00 bits per heavy atom. The highest BCUT2D eigenvalue weighted by atomic mass is 127. The molecule has 0 unspecified atom stereocenters. The summed E-state index contributed by atoms with van der Waals surface area (Å²) >= 11 is 1.98. The molecule has 1 heterocycles. The molecule has 0 aliphatic heterocycles. The predicted octanol–water partition coefficient (Wildman–Crippen LogP) is 4.36. The zero-order valence-corrected chi connectivity index (χ0v) is 28.1. The van der Waals surface area contributed by atoms with Crippen LogP contribution < -0.4 is 29.5 Å². The van der Waals surface area contributed by atoms with Crippen molar-refractivity contribution in [2.75, 3.05) is 47.3 Å². The fourth-order valence-corrected chi connectivity index (χ4v) is 6.64. The van der Waals surface area contributed by atoms with Crippen molar-refractivity contribution in [2.45, 2.75) is 97.2 Å². The first-order valence-corrected chi connectivity index (χ1v) is 17.6. The Morgan fingerprint density at radius 3 is 2.10 bits per heavy atom. The van der Waals surface area contributed by atoms with Crippen LogP contribution >= 0.6 is 30.3 Å². The van der Waals surface area contributed by atoms with Crippen molar-refractivity contribution in [1.82, 2.24) is 20.1 Å². The van der Waals surface area contributed by atoms with Crippen molar-refractivity contribution < 1.29 is 33.1 Å². The number of carbonyl (C=O) groups excluding carboxylic acids is 2. The van der Waals surface area contributed by atoms with Gasteiger partial charge in [0, 0.05) is 6.54 Å². The third-order valence-corrected chi connectivity index (χ3v) is 9.07. The lowest BCUT2D eigenvalue weighted by atomic mass is 10.3. The third kappa shape index (κ3) is 12.7. The summed E-state index contributed by atoms with van der Waals surface area (Å²) in [4.78, 5) is 33.4. The van der Waals surface area contributed by atoms with E-state index in [-0.39, 0.29) is 44.8 Å². The smallest absolute Gasteiger partial charge is 0.323 e. The molecule has 6 N–H and O–H groups in total. The van der Waals surface area contributed by atoms with E-state index < -0.39 is 31.5 Å². The fraction of sp³-hybridized carbons (Fsp3) is 0.769. The summed E-state index contributed by atoms with van der Waals surface area (Å²) in [6.45, 7) is 8.04. The molecule has 0 amide bonds. The van der Waals surface area contributed by atoms with Crippen LogP contribution in [-0.4, -0.2) is 72.8 Å². The number of nitrogens with zero attached hydrogens (tertiary/aromatic N) is 2.